The van der Waals surface area contributed by atoms with Gasteiger partial charge in [0.05, 0.1) is 22.7 Å². The Morgan fingerprint density at radius 3 is 2.95 bits per heavy atom. The second-order valence-corrected chi connectivity index (χ2v) is 5.06. The zero-order valence-corrected chi connectivity index (χ0v) is 11.6. The van der Waals surface area contributed by atoms with E-state index in [0.717, 1.165) is 10.6 Å². The number of ketones is 1. The fourth-order valence-corrected chi connectivity index (χ4v) is 2.50. The number of ether oxygens (including phenoxy) is 1. The molecule has 100 valence electrons. The number of nitrogens with zero attached hydrogens (tertiary/aromatic N) is 1. The van der Waals surface area contributed by atoms with Gasteiger partial charge >= 0.3 is 0 Å². The highest BCUT2D eigenvalue weighted by Crippen LogP contribution is 2.29. The van der Waals surface area contributed by atoms with Crippen molar-refractivity contribution in [2.24, 2.45) is 0 Å². The Kier molecular flexibility index (Phi) is 4.01. The first kappa shape index (κ1) is 13.4. The number of nitrogen functional groups attached to an aromatic ring is 1. The van der Waals surface area contributed by atoms with Crippen LogP contribution in [0, 0.1) is 0 Å². The van der Waals surface area contributed by atoms with Crippen LogP contribution in [0.3, 0.4) is 0 Å². The smallest absolute Gasteiger partial charge is 0.213 e. The predicted molar refractivity (Wildman–Crippen MR) is 76.9 cm³/mol. The lowest BCUT2D eigenvalue weighted by Gasteiger charge is -2.05. The Hall–Kier alpha value is -2.08. The molecule has 2 aromatic heterocycles. The third-order valence-electron chi connectivity index (χ3n) is 2.56. The van der Waals surface area contributed by atoms with Gasteiger partial charge in [-0.15, -0.1) is 11.3 Å². The second-order valence-electron chi connectivity index (χ2n) is 4.01. The zero-order valence-electron chi connectivity index (χ0n) is 10.8. The quantitative estimate of drug-likeness (QED) is 0.821. The number of methoxy groups -OCH3 is 1. The van der Waals surface area contributed by atoms with E-state index in [9.17, 15) is 4.79 Å². The Labute approximate surface area is 115 Å². The molecule has 0 bridgehead atoms. The van der Waals surface area contributed by atoms with Crippen LogP contribution in [-0.2, 0) is 6.54 Å². The molecule has 0 saturated carbocycles. The number of rotatable bonds is 5. The number of nitrogens with two attached hydrogens (primary N) is 1. The van der Waals surface area contributed by atoms with E-state index in [1.807, 2.05) is 12.1 Å². The number of anilines is 2. The van der Waals surface area contributed by atoms with Gasteiger partial charge in [-0.2, -0.15) is 0 Å². The first-order valence-electron chi connectivity index (χ1n) is 5.73. The van der Waals surface area contributed by atoms with Gasteiger partial charge in [0, 0.05) is 25.7 Å². The van der Waals surface area contributed by atoms with Gasteiger partial charge < -0.3 is 15.8 Å². The van der Waals surface area contributed by atoms with E-state index < -0.39 is 0 Å². The molecular weight excluding hydrogens is 262 g/mol. The fraction of sp³-hybridized carbons (Fsp3) is 0.231. The number of Topliss-reactive ketones (excluding diaryl/α,β-unsaturated/α-hetero) is 1. The van der Waals surface area contributed by atoms with Gasteiger partial charge in [0.2, 0.25) is 5.88 Å². The molecule has 0 spiro atoms. The SMILES string of the molecule is COc1cc(CNc2cc(N)c(C(C)=O)s2)ccn1. The van der Waals surface area contributed by atoms with Crippen LogP contribution in [0.2, 0.25) is 0 Å². The second kappa shape index (κ2) is 5.71. The standard InChI is InChI=1S/C13H15N3O2S/c1-8(17)13-10(14)6-12(19-13)16-7-9-3-4-15-11(5-9)18-2/h3-6,16H,7,14H2,1-2H3. The van der Waals surface area contributed by atoms with E-state index in [1.165, 1.54) is 18.3 Å². The fourth-order valence-electron chi connectivity index (χ4n) is 1.63. The van der Waals surface area contributed by atoms with Crippen LogP contribution in [0.5, 0.6) is 5.88 Å². The van der Waals surface area contributed by atoms with E-state index >= 15 is 0 Å². The van der Waals surface area contributed by atoms with Crippen molar-refractivity contribution in [3.63, 3.8) is 0 Å². The molecule has 0 aliphatic heterocycles. The molecule has 0 amide bonds. The number of thiophene rings is 1. The van der Waals surface area contributed by atoms with E-state index in [-0.39, 0.29) is 5.78 Å². The largest absolute Gasteiger partial charge is 0.481 e. The van der Waals surface area contributed by atoms with Crippen molar-refractivity contribution in [1.29, 1.82) is 0 Å². The number of nitrogens with one attached hydrogen (secondary N) is 1. The van der Waals surface area contributed by atoms with Crippen LogP contribution < -0.4 is 15.8 Å². The van der Waals surface area contributed by atoms with Crippen LogP contribution in [0.25, 0.3) is 0 Å². The minimum Gasteiger partial charge on any atom is -0.481 e. The highest BCUT2D eigenvalue weighted by Gasteiger charge is 2.10. The summed E-state index contributed by atoms with van der Waals surface area (Å²) in [5.41, 5.74) is 7.34. The van der Waals surface area contributed by atoms with Gasteiger partial charge in [-0.25, -0.2) is 4.98 Å². The molecule has 3 N–H and O–H groups in total. The van der Waals surface area contributed by atoms with Crippen LogP contribution in [0.1, 0.15) is 22.2 Å². The number of hydrogen-bond acceptors (Lipinski definition) is 6. The molecule has 6 heteroatoms. The highest BCUT2D eigenvalue weighted by atomic mass is 32.1. The third kappa shape index (κ3) is 3.23. The van der Waals surface area contributed by atoms with E-state index in [4.69, 9.17) is 10.5 Å². The molecule has 0 radical (unpaired) electrons. The van der Waals surface area contributed by atoms with Gasteiger partial charge in [0.15, 0.2) is 5.78 Å². The Morgan fingerprint density at radius 1 is 1.53 bits per heavy atom. The average molecular weight is 277 g/mol. The van der Waals surface area contributed by atoms with Crippen molar-refractivity contribution in [1.82, 2.24) is 4.98 Å². The molecule has 2 heterocycles. The monoisotopic (exact) mass is 277 g/mol. The first-order valence-corrected chi connectivity index (χ1v) is 6.55. The molecule has 0 fully saturated rings. The lowest BCUT2D eigenvalue weighted by atomic mass is 10.2. The maximum Gasteiger partial charge on any atom is 0.213 e. The van der Waals surface area contributed by atoms with Crippen molar-refractivity contribution in [3.8, 4) is 5.88 Å². The number of hydrogen-bond donors (Lipinski definition) is 2. The summed E-state index contributed by atoms with van der Waals surface area (Å²) in [4.78, 5) is 15.9. The first-order chi connectivity index (χ1) is 9.10. The number of carbonyl (C=O) groups excluding carboxylic acids is 1. The molecule has 0 unspecified atom stereocenters. The maximum absolute atomic E-state index is 11.3. The van der Waals surface area contributed by atoms with E-state index in [0.29, 0.717) is 23.0 Å². The van der Waals surface area contributed by atoms with Crippen LogP contribution in [-0.4, -0.2) is 17.9 Å². The minimum atomic E-state index is -0.0128. The summed E-state index contributed by atoms with van der Waals surface area (Å²) in [6.45, 7) is 2.13. The van der Waals surface area contributed by atoms with E-state index in [2.05, 4.69) is 10.3 Å². The van der Waals surface area contributed by atoms with Gasteiger partial charge in [-0.05, 0) is 17.7 Å². The molecule has 5 nitrogen and oxygen atoms in total. The molecule has 0 saturated heterocycles. The molecular formula is C13H15N3O2S. The van der Waals surface area contributed by atoms with Gasteiger partial charge in [-0.1, -0.05) is 0 Å². The van der Waals surface area contributed by atoms with Crippen molar-refractivity contribution < 1.29 is 9.53 Å². The zero-order chi connectivity index (χ0) is 13.8. The predicted octanol–water partition coefficient (Wildman–Crippen LogP) is 2.55. The van der Waals surface area contributed by atoms with Gasteiger partial charge in [-0.3, -0.25) is 4.79 Å². The average Bonchev–Trinajstić information content (AvgIpc) is 2.78. The third-order valence-corrected chi connectivity index (χ3v) is 3.77. The number of pyridine rings is 1. The Bertz CT molecular complexity index is 595. The summed E-state index contributed by atoms with van der Waals surface area (Å²) in [7, 11) is 1.58. The topological polar surface area (TPSA) is 77.2 Å². The maximum atomic E-state index is 11.3. The molecule has 0 aliphatic rings. The van der Waals surface area contributed by atoms with Gasteiger partial charge in [0.25, 0.3) is 0 Å². The number of aromatic nitrogens is 1. The van der Waals surface area contributed by atoms with Crippen molar-refractivity contribution in [2.45, 2.75) is 13.5 Å². The lowest BCUT2D eigenvalue weighted by molar-refractivity contribution is 0.102. The summed E-state index contributed by atoms with van der Waals surface area (Å²) in [5.74, 6) is 0.565. The van der Waals surface area contributed by atoms with Crippen molar-refractivity contribution >= 4 is 27.8 Å². The van der Waals surface area contributed by atoms with Crippen LogP contribution >= 0.6 is 11.3 Å². The molecule has 0 aromatic carbocycles. The summed E-state index contributed by atoms with van der Waals surface area (Å²) in [6, 6.07) is 5.54. The normalized spacial score (nSPS) is 10.2. The summed E-state index contributed by atoms with van der Waals surface area (Å²) in [6.07, 6.45) is 1.69. The van der Waals surface area contributed by atoms with Crippen LogP contribution in [0.15, 0.2) is 24.4 Å². The molecule has 2 aromatic rings. The Morgan fingerprint density at radius 2 is 2.32 bits per heavy atom. The molecule has 19 heavy (non-hydrogen) atoms. The molecule has 0 aliphatic carbocycles. The summed E-state index contributed by atoms with van der Waals surface area (Å²) in [5, 5.41) is 4.10. The van der Waals surface area contributed by atoms with Crippen molar-refractivity contribution in [3.05, 3.63) is 34.8 Å². The highest BCUT2D eigenvalue weighted by molar-refractivity contribution is 7.18. The van der Waals surface area contributed by atoms with Crippen molar-refractivity contribution in [2.75, 3.05) is 18.2 Å². The van der Waals surface area contributed by atoms with E-state index in [1.54, 1.807) is 19.4 Å². The molecule has 2 rings (SSSR count). The number of carbonyl (C=O) groups is 1. The summed E-state index contributed by atoms with van der Waals surface area (Å²) < 4.78 is 5.06. The lowest BCUT2D eigenvalue weighted by Crippen LogP contribution is -1.98. The van der Waals surface area contributed by atoms with Gasteiger partial charge in [0.1, 0.15) is 0 Å². The Balaban J connectivity index is 2.06. The minimum absolute atomic E-state index is 0.0128. The van der Waals surface area contributed by atoms with Crippen LogP contribution in [0.4, 0.5) is 10.7 Å². The summed E-state index contributed by atoms with van der Waals surface area (Å²) >= 11 is 1.36. The molecule has 0 atom stereocenters.